The Morgan fingerprint density at radius 3 is 2.79 bits per heavy atom. The van der Waals surface area contributed by atoms with Crippen molar-refractivity contribution in [3.63, 3.8) is 0 Å². The molecule has 2 aromatic rings. The van der Waals surface area contributed by atoms with E-state index >= 15 is 0 Å². The van der Waals surface area contributed by atoms with Crippen molar-refractivity contribution >= 4 is 0 Å². The number of halogens is 1. The van der Waals surface area contributed by atoms with Gasteiger partial charge in [-0.15, -0.1) is 0 Å². The summed E-state index contributed by atoms with van der Waals surface area (Å²) in [5.41, 5.74) is -0.819. The Morgan fingerprint density at radius 2 is 2.16 bits per heavy atom. The average Bonchev–Trinajstić information content (AvgIpc) is 2.76. The van der Waals surface area contributed by atoms with Gasteiger partial charge in [-0.2, -0.15) is 5.10 Å². The highest BCUT2D eigenvalue weighted by molar-refractivity contribution is 5.19. The minimum atomic E-state index is -1.24. The van der Waals surface area contributed by atoms with E-state index in [-0.39, 0.29) is 12.5 Å². The second-order valence-electron chi connectivity index (χ2n) is 5.06. The second kappa shape index (κ2) is 5.05. The zero-order chi connectivity index (χ0) is 14.0. The molecule has 5 nitrogen and oxygen atoms in total. The molecule has 0 aliphatic heterocycles. The Labute approximate surface area is 111 Å². The Bertz CT molecular complexity index is 565. The van der Waals surface area contributed by atoms with E-state index in [0.29, 0.717) is 11.4 Å². The summed E-state index contributed by atoms with van der Waals surface area (Å²) < 4.78 is 14.9. The summed E-state index contributed by atoms with van der Waals surface area (Å²) in [4.78, 5) is 7.91. The van der Waals surface area contributed by atoms with Crippen LogP contribution in [0.3, 0.4) is 0 Å². The number of hydrogen-bond donors (Lipinski definition) is 1. The highest BCUT2D eigenvalue weighted by Crippen LogP contribution is 2.25. The van der Waals surface area contributed by atoms with Crippen LogP contribution in [0.2, 0.25) is 0 Å². The lowest BCUT2D eigenvalue weighted by atomic mass is 9.93. The Hall–Kier alpha value is -1.82. The molecule has 0 saturated heterocycles. The molecule has 0 amide bonds. The molecule has 0 aromatic carbocycles. The molecule has 2 rings (SSSR count). The Balaban J connectivity index is 2.28. The van der Waals surface area contributed by atoms with Gasteiger partial charge in [0.1, 0.15) is 18.0 Å². The SMILES string of the molecule is CC(C)n1ncnc1CC(C)(O)c1cncc(F)c1. The van der Waals surface area contributed by atoms with Crippen molar-refractivity contribution in [2.75, 3.05) is 0 Å². The summed E-state index contributed by atoms with van der Waals surface area (Å²) >= 11 is 0. The van der Waals surface area contributed by atoms with Crippen LogP contribution in [0.25, 0.3) is 0 Å². The van der Waals surface area contributed by atoms with E-state index < -0.39 is 11.4 Å². The van der Waals surface area contributed by atoms with Crippen LogP contribution in [0, 0.1) is 5.82 Å². The van der Waals surface area contributed by atoms with Crippen molar-refractivity contribution in [2.24, 2.45) is 0 Å². The van der Waals surface area contributed by atoms with E-state index in [1.807, 2.05) is 13.8 Å². The van der Waals surface area contributed by atoms with Crippen molar-refractivity contribution in [1.82, 2.24) is 19.7 Å². The Kier molecular flexibility index (Phi) is 3.61. The van der Waals surface area contributed by atoms with Crippen molar-refractivity contribution in [1.29, 1.82) is 0 Å². The zero-order valence-electron chi connectivity index (χ0n) is 11.2. The van der Waals surface area contributed by atoms with Crippen molar-refractivity contribution in [3.8, 4) is 0 Å². The summed E-state index contributed by atoms with van der Waals surface area (Å²) in [6.45, 7) is 5.58. The van der Waals surface area contributed by atoms with E-state index in [1.165, 1.54) is 18.6 Å². The highest BCUT2D eigenvalue weighted by atomic mass is 19.1. The molecule has 1 atom stereocenters. The fourth-order valence-electron chi connectivity index (χ4n) is 1.95. The molecule has 1 unspecified atom stereocenters. The van der Waals surface area contributed by atoms with E-state index in [0.717, 1.165) is 6.20 Å². The molecular weight excluding hydrogens is 247 g/mol. The molecule has 0 aliphatic carbocycles. The normalized spacial score (nSPS) is 14.6. The van der Waals surface area contributed by atoms with E-state index in [9.17, 15) is 9.50 Å². The molecule has 6 heteroatoms. The predicted octanol–water partition coefficient (Wildman–Crippen LogP) is 1.84. The summed E-state index contributed by atoms with van der Waals surface area (Å²) in [7, 11) is 0. The van der Waals surface area contributed by atoms with Gasteiger partial charge in [0.05, 0.1) is 11.8 Å². The standard InChI is InChI=1S/C13H17FN4O/c1-9(2)18-12(16-8-17-18)5-13(3,19)10-4-11(14)7-15-6-10/h4,6-9,19H,5H2,1-3H3. The van der Waals surface area contributed by atoms with Crippen molar-refractivity contribution in [3.05, 3.63) is 42.0 Å². The molecular formula is C13H17FN4O. The van der Waals surface area contributed by atoms with Crippen molar-refractivity contribution < 1.29 is 9.50 Å². The molecule has 2 heterocycles. The van der Waals surface area contributed by atoms with Gasteiger partial charge in [-0.05, 0) is 26.8 Å². The van der Waals surface area contributed by atoms with Gasteiger partial charge in [0, 0.05) is 24.2 Å². The van der Waals surface area contributed by atoms with Gasteiger partial charge >= 0.3 is 0 Å². The minimum absolute atomic E-state index is 0.152. The van der Waals surface area contributed by atoms with Gasteiger partial charge in [0.25, 0.3) is 0 Å². The van der Waals surface area contributed by atoms with Crippen LogP contribution < -0.4 is 0 Å². The maximum absolute atomic E-state index is 13.2. The molecule has 102 valence electrons. The van der Waals surface area contributed by atoms with E-state index in [2.05, 4.69) is 15.1 Å². The summed E-state index contributed by atoms with van der Waals surface area (Å²) in [5, 5.41) is 14.6. The van der Waals surface area contributed by atoms with E-state index in [4.69, 9.17) is 0 Å². The molecule has 1 N–H and O–H groups in total. The van der Waals surface area contributed by atoms with Gasteiger partial charge in [0.15, 0.2) is 0 Å². The first-order valence-electron chi connectivity index (χ1n) is 6.12. The molecule has 0 radical (unpaired) electrons. The van der Waals surface area contributed by atoms with E-state index in [1.54, 1.807) is 11.6 Å². The quantitative estimate of drug-likeness (QED) is 0.915. The molecule has 0 spiro atoms. The highest BCUT2D eigenvalue weighted by Gasteiger charge is 2.27. The lowest BCUT2D eigenvalue weighted by molar-refractivity contribution is 0.0532. The summed E-state index contributed by atoms with van der Waals surface area (Å²) in [6, 6.07) is 1.43. The fraction of sp³-hybridized carbons (Fsp3) is 0.462. The topological polar surface area (TPSA) is 63.8 Å². The van der Waals surface area contributed by atoms with Crippen LogP contribution in [0.1, 0.15) is 38.2 Å². The monoisotopic (exact) mass is 264 g/mol. The maximum atomic E-state index is 13.2. The molecule has 19 heavy (non-hydrogen) atoms. The van der Waals surface area contributed by atoms with Crippen LogP contribution in [-0.4, -0.2) is 24.9 Å². The molecule has 0 saturated carbocycles. The first kappa shape index (κ1) is 13.6. The fourth-order valence-corrected chi connectivity index (χ4v) is 1.95. The third-order valence-electron chi connectivity index (χ3n) is 2.97. The van der Waals surface area contributed by atoms with Gasteiger partial charge in [-0.25, -0.2) is 14.1 Å². The van der Waals surface area contributed by atoms with Gasteiger partial charge in [-0.1, -0.05) is 0 Å². The van der Waals surface area contributed by atoms with Crippen LogP contribution >= 0.6 is 0 Å². The Morgan fingerprint density at radius 1 is 1.42 bits per heavy atom. The number of aromatic nitrogens is 4. The molecule has 0 fully saturated rings. The minimum Gasteiger partial charge on any atom is -0.385 e. The number of aliphatic hydroxyl groups is 1. The van der Waals surface area contributed by atoms with Crippen LogP contribution in [0.4, 0.5) is 4.39 Å². The van der Waals surface area contributed by atoms with Crippen molar-refractivity contribution in [2.45, 2.75) is 38.8 Å². The lowest BCUT2D eigenvalue weighted by Crippen LogP contribution is -2.27. The van der Waals surface area contributed by atoms with Crippen LogP contribution in [0.15, 0.2) is 24.8 Å². The number of pyridine rings is 1. The predicted molar refractivity (Wildman–Crippen MR) is 67.9 cm³/mol. The second-order valence-corrected chi connectivity index (χ2v) is 5.06. The third kappa shape index (κ3) is 2.96. The van der Waals surface area contributed by atoms with Crippen LogP contribution in [-0.2, 0) is 12.0 Å². The smallest absolute Gasteiger partial charge is 0.141 e. The number of hydrogen-bond acceptors (Lipinski definition) is 4. The number of rotatable bonds is 4. The van der Waals surface area contributed by atoms with Gasteiger partial charge in [-0.3, -0.25) is 4.98 Å². The first-order valence-corrected chi connectivity index (χ1v) is 6.12. The van der Waals surface area contributed by atoms with Gasteiger partial charge in [0.2, 0.25) is 0 Å². The third-order valence-corrected chi connectivity index (χ3v) is 2.97. The van der Waals surface area contributed by atoms with Gasteiger partial charge < -0.3 is 5.11 Å². The molecule has 0 bridgehead atoms. The first-order chi connectivity index (χ1) is 8.90. The molecule has 2 aromatic heterocycles. The average molecular weight is 264 g/mol. The number of nitrogens with zero attached hydrogens (tertiary/aromatic N) is 4. The van der Waals surface area contributed by atoms with Crippen LogP contribution in [0.5, 0.6) is 0 Å². The largest absolute Gasteiger partial charge is 0.385 e. The zero-order valence-corrected chi connectivity index (χ0v) is 11.2. The summed E-state index contributed by atoms with van der Waals surface area (Å²) in [5.74, 6) is 0.187. The summed E-state index contributed by atoms with van der Waals surface area (Å²) in [6.07, 6.45) is 4.26. The lowest BCUT2D eigenvalue weighted by Gasteiger charge is -2.23. The maximum Gasteiger partial charge on any atom is 0.141 e. The molecule has 0 aliphatic rings.